The minimum Gasteiger partial charge on any atom is -0.371 e. The van der Waals surface area contributed by atoms with Crippen molar-refractivity contribution in [2.75, 3.05) is 18.0 Å². The molecule has 2 aromatic rings. The van der Waals surface area contributed by atoms with E-state index < -0.39 is 0 Å². The largest absolute Gasteiger partial charge is 0.371 e. The van der Waals surface area contributed by atoms with Crippen LogP contribution < -0.4 is 16.0 Å². The zero-order valence-corrected chi connectivity index (χ0v) is 16.3. The number of allylic oxidation sites excluding steroid dienone is 1. The molecule has 3 N–H and O–H groups in total. The lowest BCUT2D eigenvalue weighted by molar-refractivity contribution is -0.122. The molecule has 0 saturated carbocycles. The first kappa shape index (κ1) is 18.8. The molecule has 1 saturated heterocycles. The molecule has 4 rings (SSSR count). The van der Waals surface area contributed by atoms with Crippen LogP contribution in [0.3, 0.4) is 0 Å². The molecule has 1 fully saturated rings. The minimum absolute atomic E-state index is 0.0782. The predicted octanol–water partition coefficient (Wildman–Crippen LogP) is 3.73. The van der Waals surface area contributed by atoms with Gasteiger partial charge in [0.25, 0.3) is 0 Å². The summed E-state index contributed by atoms with van der Waals surface area (Å²) in [6.07, 6.45) is 8.07. The van der Waals surface area contributed by atoms with Crippen molar-refractivity contribution < 1.29 is 4.79 Å². The van der Waals surface area contributed by atoms with Crippen molar-refractivity contribution in [1.29, 1.82) is 0 Å². The summed E-state index contributed by atoms with van der Waals surface area (Å²) in [6, 6.07) is 20.0. The van der Waals surface area contributed by atoms with E-state index in [9.17, 15) is 4.79 Å². The lowest BCUT2D eigenvalue weighted by Gasteiger charge is -2.37. The average Bonchev–Trinajstić information content (AvgIpc) is 2.75. The van der Waals surface area contributed by atoms with Gasteiger partial charge in [0, 0.05) is 30.9 Å². The van der Waals surface area contributed by atoms with E-state index in [2.05, 4.69) is 77.0 Å². The molecule has 0 spiro atoms. The van der Waals surface area contributed by atoms with E-state index in [4.69, 9.17) is 5.73 Å². The van der Waals surface area contributed by atoms with E-state index in [1.165, 1.54) is 16.8 Å². The van der Waals surface area contributed by atoms with Gasteiger partial charge in [-0.2, -0.15) is 0 Å². The number of carbonyl (C=O) groups excluding carboxylic acids is 1. The van der Waals surface area contributed by atoms with Crippen LogP contribution in [0, 0.1) is 5.92 Å². The van der Waals surface area contributed by atoms with Gasteiger partial charge in [-0.15, -0.1) is 0 Å². The van der Waals surface area contributed by atoms with Crippen LogP contribution >= 0.6 is 0 Å². The topological polar surface area (TPSA) is 58.4 Å². The smallest absolute Gasteiger partial charge is 0.222 e. The van der Waals surface area contributed by atoms with Gasteiger partial charge in [0.05, 0.1) is 5.92 Å². The van der Waals surface area contributed by atoms with E-state index in [1.54, 1.807) is 0 Å². The summed E-state index contributed by atoms with van der Waals surface area (Å²) in [5.41, 5.74) is 9.40. The Morgan fingerprint density at radius 2 is 1.64 bits per heavy atom. The van der Waals surface area contributed by atoms with Gasteiger partial charge in [0.2, 0.25) is 5.91 Å². The fourth-order valence-corrected chi connectivity index (χ4v) is 4.43. The van der Waals surface area contributed by atoms with E-state index in [1.807, 2.05) is 0 Å². The number of carbonyl (C=O) groups is 1. The van der Waals surface area contributed by atoms with Gasteiger partial charge in [-0.05, 0) is 48.9 Å². The first-order valence-corrected chi connectivity index (χ1v) is 10.3. The molecule has 1 heterocycles. The van der Waals surface area contributed by atoms with Crippen molar-refractivity contribution in [3.63, 3.8) is 0 Å². The number of nitrogens with two attached hydrogens (primary N) is 1. The van der Waals surface area contributed by atoms with Gasteiger partial charge in [-0.1, -0.05) is 54.6 Å². The summed E-state index contributed by atoms with van der Waals surface area (Å²) in [4.78, 5) is 14.2. The monoisotopic (exact) mass is 375 g/mol. The van der Waals surface area contributed by atoms with E-state index in [0.717, 1.165) is 38.8 Å². The number of benzene rings is 2. The number of hydrogen-bond donors (Lipinski definition) is 2. The molecular weight excluding hydrogens is 346 g/mol. The highest BCUT2D eigenvalue weighted by molar-refractivity contribution is 5.78. The number of anilines is 1. The fourth-order valence-electron chi connectivity index (χ4n) is 4.43. The maximum Gasteiger partial charge on any atom is 0.222 e. The molecule has 0 radical (unpaired) electrons. The number of nitrogens with one attached hydrogen (secondary N) is 1. The van der Waals surface area contributed by atoms with Crippen LogP contribution in [0.2, 0.25) is 0 Å². The zero-order valence-electron chi connectivity index (χ0n) is 16.3. The number of amides is 1. The Morgan fingerprint density at radius 3 is 2.39 bits per heavy atom. The summed E-state index contributed by atoms with van der Waals surface area (Å²) in [5, 5.41) is 3.72. The third-order valence-corrected chi connectivity index (χ3v) is 6.06. The number of rotatable bonds is 5. The molecule has 1 amide bonds. The van der Waals surface area contributed by atoms with Crippen LogP contribution in [-0.4, -0.2) is 31.1 Å². The third-order valence-electron chi connectivity index (χ3n) is 6.06. The molecule has 4 nitrogen and oxygen atoms in total. The maximum absolute atomic E-state index is 11.7. The Bertz CT molecular complexity index is 825. The molecule has 2 atom stereocenters. The standard InChI is InChI=1S/C24H29N3O/c25-24(28)22-11-4-5-12-23(22)26-20-13-15-27(16-14-20)21-10-6-9-19(17-21)18-7-2-1-3-8-18/h1-10,17,20,22-23,26H,11-16H2,(H2,25,28). The number of hydrogen-bond acceptors (Lipinski definition) is 3. The number of piperidine rings is 1. The van der Waals surface area contributed by atoms with Gasteiger partial charge >= 0.3 is 0 Å². The van der Waals surface area contributed by atoms with Crippen LogP contribution in [0.15, 0.2) is 66.7 Å². The summed E-state index contributed by atoms with van der Waals surface area (Å²) < 4.78 is 0. The van der Waals surface area contributed by atoms with Gasteiger partial charge in [0.1, 0.15) is 0 Å². The van der Waals surface area contributed by atoms with Crippen molar-refractivity contribution in [3.8, 4) is 11.1 Å². The highest BCUT2D eigenvalue weighted by Crippen LogP contribution is 2.27. The molecule has 28 heavy (non-hydrogen) atoms. The highest BCUT2D eigenvalue weighted by Gasteiger charge is 2.30. The summed E-state index contributed by atoms with van der Waals surface area (Å²) in [5.74, 6) is -0.261. The minimum atomic E-state index is -0.183. The van der Waals surface area contributed by atoms with Gasteiger partial charge in [-0.3, -0.25) is 4.79 Å². The summed E-state index contributed by atoms with van der Waals surface area (Å²) in [7, 11) is 0. The Labute approximate surface area is 167 Å². The molecule has 1 aliphatic carbocycles. The summed E-state index contributed by atoms with van der Waals surface area (Å²) >= 11 is 0. The van der Waals surface area contributed by atoms with E-state index in [-0.39, 0.29) is 17.9 Å². The molecule has 2 unspecified atom stereocenters. The molecule has 2 aromatic carbocycles. The van der Waals surface area contributed by atoms with Crippen molar-refractivity contribution in [2.24, 2.45) is 11.7 Å². The van der Waals surface area contributed by atoms with Crippen molar-refractivity contribution in [3.05, 3.63) is 66.7 Å². The average molecular weight is 376 g/mol. The first-order chi connectivity index (χ1) is 13.7. The molecule has 4 heteroatoms. The Hall–Kier alpha value is -2.59. The molecular formula is C24H29N3O. The second-order valence-corrected chi connectivity index (χ2v) is 7.90. The third kappa shape index (κ3) is 4.28. The predicted molar refractivity (Wildman–Crippen MR) is 115 cm³/mol. The first-order valence-electron chi connectivity index (χ1n) is 10.3. The van der Waals surface area contributed by atoms with Crippen LogP contribution in [-0.2, 0) is 4.79 Å². The number of nitrogens with zero attached hydrogens (tertiary/aromatic N) is 1. The van der Waals surface area contributed by atoms with Crippen LogP contribution in [0.4, 0.5) is 5.69 Å². The van der Waals surface area contributed by atoms with Crippen LogP contribution in [0.25, 0.3) is 11.1 Å². The Morgan fingerprint density at radius 1 is 0.929 bits per heavy atom. The van der Waals surface area contributed by atoms with E-state index >= 15 is 0 Å². The van der Waals surface area contributed by atoms with Gasteiger partial charge in [-0.25, -0.2) is 0 Å². The SMILES string of the molecule is NC(=O)C1CC=CCC1NC1CCN(c2cccc(-c3ccccc3)c2)CC1. The maximum atomic E-state index is 11.7. The lowest BCUT2D eigenvalue weighted by Crippen LogP contribution is -2.51. The van der Waals surface area contributed by atoms with Crippen molar-refractivity contribution >= 4 is 11.6 Å². The van der Waals surface area contributed by atoms with Crippen LogP contribution in [0.5, 0.6) is 0 Å². The molecule has 0 bridgehead atoms. The Balaban J connectivity index is 1.37. The van der Waals surface area contributed by atoms with Crippen molar-refractivity contribution in [1.82, 2.24) is 5.32 Å². The molecule has 146 valence electrons. The van der Waals surface area contributed by atoms with Gasteiger partial charge in [0.15, 0.2) is 0 Å². The van der Waals surface area contributed by atoms with Gasteiger partial charge < -0.3 is 16.0 Å². The highest BCUT2D eigenvalue weighted by atomic mass is 16.1. The molecule has 0 aromatic heterocycles. The van der Waals surface area contributed by atoms with Crippen LogP contribution in [0.1, 0.15) is 25.7 Å². The second-order valence-electron chi connectivity index (χ2n) is 7.90. The second kappa shape index (κ2) is 8.61. The quantitative estimate of drug-likeness (QED) is 0.783. The lowest BCUT2D eigenvalue weighted by atomic mass is 9.87. The van der Waals surface area contributed by atoms with Crippen molar-refractivity contribution in [2.45, 2.75) is 37.8 Å². The Kier molecular flexibility index (Phi) is 5.77. The van der Waals surface area contributed by atoms with E-state index in [0.29, 0.717) is 6.04 Å². The fraction of sp³-hybridized carbons (Fsp3) is 0.375. The summed E-state index contributed by atoms with van der Waals surface area (Å²) in [6.45, 7) is 2.05. The number of primary amides is 1. The molecule has 1 aliphatic heterocycles. The molecule has 2 aliphatic rings. The normalized spacial score (nSPS) is 22.9. The zero-order chi connectivity index (χ0) is 19.3.